The van der Waals surface area contributed by atoms with Crippen LogP contribution in [-0.4, -0.2) is 12.4 Å². The number of carbonyl (C=O) groups is 1. The van der Waals surface area contributed by atoms with Crippen molar-refractivity contribution in [2.24, 2.45) is 0 Å². The van der Waals surface area contributed by atoms with Crippen LogP contribution in [0.2, 0.25) is 0 Å². The molecule has 0 atom stereocenters. The highest BCUT2D eigenvalue weighted by molar-refractivity contribution is 6.04. The molecule has 15 heavy (non-hydrogen) atoms. The Hall–Kier alpha value is -1.57. The van der Waals surface area contributed by atoms with Crippen LogP contribution in [0.1, 0.15) is 30.6 Å². The van der Waals surface area contributed by atoms with Crippen molar-refractivity contribution in [2.45, 2.75) is 20.3 Å². The van der Waals surface area contributed by atoms with Gasteiger partial charge in [0.1, 0.15) is 5.75 Å². The van der Waals surface area contributed by atoms with Crippen LogP contribution in [0, 0.1) is 0 Å². The van der Waals surface area contributed by atoms with E-state index in [1.807, 2.05) is 19.1 Å². The average Bonchev–Trinajstić information content (AvgIpc) is 2.27. The molecule has 0 radical (unpaired) electrons. The first kappa shape index (κ1) is 11.5. The van der Waals surface area contributed by atoms with E-state index < -0.39 is 0 Å². The monoisotopic (exact) mass is 204 g/mol. The summed E-state index contributed by atoms with van der Waals surface area (Å²) in [5.41, 5.74) is 0.692. The lowest BCUT2D eigenvalue weighted by Gasteiger charge is -2.04. The third kappa shape index (κ3) is 3.58. The summed E-state index contributed by atoms with van der Waals surface area (Å²) in [6.07, 6.45) is 4.28. The summed E-state index contributed by atoms with van der Waals surface area (Å²) in [4.78, 5) is 11.4. The molecule has 0 spiro atoms. The van der Waals surface area contributed by atoms with Gasteiger partial charge in [0.25, 0.3) is 0 Å². The molecule has 0 aliphatic heterocycles. The summed E-state index contributed by atoms with van der Waals surface area (Å²) in [5, 5.41) is 0. The van der Waals surface area contributed by atoms with E-state index in [1.54, 1.807) is 24.3 Å². The van der Waals surface area contributed by atoms with Gasteiger partial charge in [0.2, 0.25) is 0 Å². The topological polar surface area (TPSA) is 26.3 Å². The third-order valence-electron chi connectivity index (χ3n) is 1.93. The van der Waals surface area contributed by atoms with Crippen LogP contribution in [0.5, 0.6) is 5.75 Å². The van der Waals surface area contributed by atoms with Crippen molar-refractivity contribution in [1.29, 1.82) is 0 Å². The lowest BCUT2D eigenvalue weighted by molar-refractivity contribution is 0.104. The fraction of sp³-hybridized carbons (Fsp3) is 0.308. The molecular weight excluding hydrogens is 188 g/mol. The minimum atomic E-state index is 0.0274. The highest BCUT2D eigenvalue weighted by Gasteiger charge is 2.00. The molecule has 1 rings (SSSR count). The molecule has 0 saturated heterocycles. The summed E-state index contributed by atoms with van der Waals surface area (Å²) >= 11 is 0. The Bertz CT molecular complexity index is 336. The number of benzene rings is 1. The van der Waals surface area contributed by atoms with Crippen molar-refractivity contribution >= 4 is 5.78 Å². The van der Waals surface area contributed by atoms with Gasteiger partial charge >= 0.3 is 0 Å². The molecule has 80 valence electrons. The molecule has 0 saturated carbocycles. The maximum absolute atomic E-state index is 11.4. The fourth-order valence-corrected chi connectivity index (χ4v) is 1.18. The van der Waals surface area contributed by atoms with Crippen molar-refractivity contribution in [3.05, 3.63) is 42.0 Å². The molecule has 0 fully saturated rings. The fourth-order valence-electron chi connectivity index (χ4n) is 1.18. The Morgan fingerprint density at radius 2 is 2.00 bits per heavy atom. The molecule has 0 N–H and O–H groups in total. The van der Waals surface area contributed by atoms with E-state index in [1.165, 1.54) is 0 Å². The van der Waals surface area contributed by atoms with Gasteiger partial charge in [-0.3, -0.25) is 4.79 Å². The van der Waals surface area contributed by atoms with E-state index in [0.717, 1.165) is 12.2 Å². The normalized spacial score (nSPS) is 10.5. The highest BCUT2D eigenvalue weighted by atomic mass is 16.5. The standard InChI is InChI=1S/C13H16O2/c1-3-5-13(14)11-6-8-12(9-7-11)15-10-4-2/h3,5-9H,4,10H2,1-2H3/b5-3+. The molecule has 1 aromatic carbocycles. The number of ether oxygens (including phenoxy) is 1. The second-order valence-electron chi connectivity index (χ2n) is 3.24. The van der Waals surface area contributed by atoms with Crippen molar-refractivity contribution < 1.29 is 9.53 Å². The molecule has 0 aromatic heterocycles. The Balaban J connectivity index is 2.67. The lowest BCUT2D eigenvalue weighted by Crippen LogP contribution is -1.97. The molecule has 0 amide bonds. The van der Waals surface area contributed by atoms with Crippen LogP contribution < -0.4 is 4.74 Å². The molecular formula is C13H16O2. The van der Waals surface area contributed by atoms with E-state index in [0.29, 0.717) is 12.2 Å². The minimum Gasteiger partial charge on any atom is -0.494 e. The van der Waals surface area contributed by atoms with Gasteiger partial charge < -0.3 is 4.74 Å². The first-order chi connectivity index (χ1) is 7.27. The van der Waals surface area contributed by atoms with Gasteiger partial charge in [0.05, 0.1) is 6.61 Å². The van der Waals surface area contributed by atoms with Gasteiger partial charge in [0.15, 0.2) is 5.78 Å². The summed E-state index contributed by atoms with van der Waals surface area (Å²) in [6, 6.07) is 7.22. The smallest absolute Gasteiger partial charge is 0.185 e. The molecule has 1 aromatic rings. The summed E-state index contributed by atoms with van der Waals surface area (Å²) in [6.45, 7) is 4.60. The average molecular weight is 204 g/mol. The second kappa shape index (κ2) is 6.02. The molecule has 0 heterocycles. The van der Waals surface area contributed by atoms with Gasteiger partial charge in [-0.1, -0.05) is 13.0 Å². The number of ketones is 1. The maximum Gasteiger partial charge on any atom is 0.185 e. The first-order valence-corrected chi connectivity index (χ1v) is 5.17. The van der Waals surface area contributed by atoms with Gasteiger partial charge in [-0.2, -0.15) is 0 Å². The molecule has 0 bridgehead atoms. The van der Waals surface area contributed by atoms with E-state index >= 15 is 0 Å². The minimum absolute atomic E-state index is 0.0274. The summed E-state index contributed by atoms with van der Waals surface area (Å²) in [7, 11) is 0. The Kier molecular flexibility index (Phi) is 4.61. The quantitative estimate of drug-likeness (QED) is 0.543. The zero-order valence-corrected chi connectivity index (χ0v) is 9.19. The molecule has 0 aliphatic carbocycles. The maximum atomic E-state index is 11.4. The van der Waals surface area contributed by atoms with Crippen LogP contribution in [0.15, 0.2) is 36.4 Å². The van der Waals surface area contributed by atoms with Crippen LogP contribution in [-0.2, 0) is 0 Å². The van der Waals surface area contributed by atoms with Gasteiger partial charge in [-0.05, 0) is 43.7 Å². The molecule has 2 heteroatoms. The van der Waals surface area contributed by atoms with Gasteiger partial charge in [-0.15, -0.1) is 0 Å². The third-order valence-corrected chi connectivity index (χ3v) is 1.93. The number of hydrogen-bond donors (Lipinski definition) is 0. The summed E-state index contributed by atoms with van der Waals surface area (Å²) in [5.74, 6) is 0.841. The SMILES string of the molecule is C/C=C/C(=O)c1ccc(OCCC)cc1. The predicted molar refractivity (Wildman–Crippen MR) is 61.4 cm³/mol. The van der Waals surface area contributed by atoms with Crippen molar-refractivity contribution in [2.75, 3.05) is 6.61 Å². The van der Waals surface area contributed by atoms with E-state index in [4.69, 9.17) is 4.74 Å². The largest absolute Gasteiger partial charge is 0.494 e. The molecule has 0 unspecified atom stereocenters. The summed E-state index contributed by atoms with van der Waals surface area (Å²) < 4.78 is 5.42. The van der Waals surface area contributed by atoms with Crippen molar-refractivity contribution in [3.8, 4) is 5.75 Å². The van der Waals surface area contributed by atoms with Crippen LogP contribution in [0.4, 0.5) is 0 Å². The zero-order valence-electron chi connectivity index (χ0n) is 9.19. The lowest BCUT2D eigenvalue weighted by atomic mass is 10.1. The Morgan fingerprint density at radius 1 is 1.33 bits per heavy atom. The van der Waals surface area contributed by atoms with Gasteiger partial charge in [0, 0.05) is 5.56 Å². The van der Waals surface area contributed by atoms with Crippen molar-refractivity contribution in [3.63, 3.8) is 0 Å². The Labute approximate surface area is 90.6 Å². The second-order valence-corrected chi connectivity index (χ2v) is 3.24. The number of allylic oxidation sites excluding steroid dienone is 2. The molecule has 2 nitrogen and oxygen atoms in total. The zero-order chi connectivity index (χ0) is 11.1. The van der Waals surface area contributed by atoms with Crippen LogP contribution in [0.3, 0.4) is 0 Å². The van der Waals surface area contributed by atoms with E-state index in [2.05, 4.69) is 6.92 Å². The van der Waals surface area contributed by atoms with E-state index in [9.17, 15) is 4.79 Å². The highest BCUT2D eigenvalue weighted by Crippen LogP contribution is 2.13. The van der Waals surface area contributed by atoms with Crippen molar-refractivity contribution in [1.82, 2.24) is 0 Å². The Morgan fingerprint density at radius 3 is 2.53 bits per heavy atom. The predicted octanol–water partition coefficient (Wildman–Crippen LogP) is 3.23. The number of carbonyl (C=O) groups excluding carboxylic acids is 1. The number of hydrogen-bond acceptors (Lipinski definition) is 2. The van der Waals surface area contributed by atoms with Gasteiger partial charge in [-0.25, -0.2) is 0 Å². The van der Waals surface area contributed by atoms with Crippen LogP contribution in [0.25, 0.3) is 0 Å². The molecule has 0 aliphatic rings. The van der Waals surface area contributed by atoms with Crippen LogP contribution >= 0.6 is 0 Å². The van der Waals surface area contributed by atoms with E-state index in [-0.39, 0.29) is 5.78 Å². The first-order valence-electron chi connectivity index (χ1n) is 5.17. The number of rotatable bonds is 5.